The molecular weight excluding hydrogens is 262 g/mol. The summed E-state index contributed by atoms with van der Waals surface area (Å²) in [4.78, 5) is 2.75. The third-order valence-electron chi connectivity index (χ3n) is 3.84. The van der Waals surface area contributed by atoms with Crippen LogP contribution in [0.3, 0.4) is 0 Å². The van der Waals surface area contributed by atoms with Crippen molar-refractivity contribution in [2.24, 2.45) is 11.3 Å². The first kappa shape index (κ1) is 14.5. The van der Waals surface area contributed by atoms with Crippen LogP contribution in [0.5, 0.6) is 0 Å². The molecule has 0 aromatic carbocycles. The molecule has 1 rings (SSSR count). The van der Waals surface area contributed by atoms with Gasteiger partial charge in [-0.15, -0.1) is 0 Å². The highest BCUT2D eigenvalue weighted by atomic mass is 79.9. The van der Waals surface area contributed by atoms with Crippen molar-refractivity contribution < 1.29 is 0 Å². The number of hydrogen-bond acceptors (Lipinski definition) is 1. The van der Waals surface area contributed by atoms with Crippen LogP contribution < -0.4 is 0 Å². The van der Waals surface area contributed by atoms with E-state index in [2.05, 4.69) is 48.5 Å². The van der Waals surface area contributed by atoms with Crippen molar-refractivity contribution in [3.8, 4) is 0 Å². The van der Waals surface area contributed by atoms with Gasteiger partial charge in [-0.2, -0.15) is 0 Å². The van der Waals surface area contributed by atoms with E-state index in [4.69, 9.17) is 0 Å². The van der Waals surface area contributed by atoms with Crippen LogP contribution in [0.25, 0.3) is 0 Å². The van der Waals surface area contributed by atoms with Gasteiger partial charge in [0.1, 0.15) is 0 Å². The van der Waals surface area contributed by atoms with Gasteiger partial charge in [0.2, 0.25) is 0 Å². The lowest BCUT2D eigenvalue weighted by Gasteiger charge is -2.34. The lowest BCUT2D eigenvalue weighted by atomic mass is 10.0. The summed E-state index contributed by atoms with van der Waals surface area (Å²) >= 11 is 3.69. The Morgan fingerprint density at radius 3 is 2.06 bits per heavy atom. The van der Waals surface area contributed by atoms with E-state index in [-0.39, 0.29) is 0 Å². The molecule has 1 aliphatic rings. The second kappa shape index (κ2) is 6.39. The fourth-order valence-corrected chi connectivity index (χ4v) is 3.30. The summed E-state index contributed by atoms with van der Waals surface area (Å²) in [6.45, 7) is 11.9. The van der Waals surface area contributed by atoms with Gasteiger partial charge in [-0.25, -0.2) is 0 Å². The van der Waals surface area contributed by atoms with Gasteiger partial charge in [0, 0.05) is 24.5 Å². The van der Waals surface area contributed by atoms with Crippen LogP contribution >= 0.6 is 15.9 Å². The molecule has 0 N–H and O–H groups in total. The summed E-state index contributed by atoms with van der Waals surface area (Å²) in [6, 6.07) is 0.791. The first-order valence-electron chi connectivity index (χ1n) is 6.87. The first-order chi connectivity index (χ1) is 7.56. The van der Waals surface area contributed by atoms with E-state index >= 15 is 0 Å². The molecular formula is C14H28BrN. The maximum absolute atomic E-state index is 3.69. The average molecular weight is 290 g/mol. The molecule has 1 saturated carbocycles. The summed E-state index contributed by atoms with van der Waals surface area (Å²) in [7, 11) is 0. The van der Waals surface area contributed by atoms with Gasteiger partial charge < -0.3 is 0 Å². The van der Waals surface area contributed by atoms with Crippen LogP contribution in [0.15, 0.2) is 0 Å². The van der Waals surface area contributed by atoms with Gasteiger partial charge in [-0.1, -0.05) is 43.6 Å². The molecule has 0 amide bonds. The van der Waals surface area contributed by atoms with Gasteiger partial charge in [-0.3, -0.25) is 4.90 Å². The Bertz CT molecular complexity index is 195. The summed E-state index contributed by atoms with van der Waals surface area (Å²) in [5, 5.41) is 1.19. The summed E-state index contributed by atoms with van der Waals surface area (Å²) in [5.41, 5.74) is 0.622. The van der Waals surface area contributed by atoms with Gasteiger partial charge in [0.05, 0.1) is 0 Å². The predicted molar refractivity (Wildman–Crippen MR) is 76.2 cm³/mol. The van der Waals surface area contributed by atoms with Gasteiger partial charge in [0.25, 0.3) is 0 Å². The van der Waals surface area contributed by atoms with Crippen molar-refractivity contribution in [3.05, 3.63) is 0 Å². The lowest BCUT2D eigenvalue weighted by Crippen LogP contribution is -2.41. The molecule has 1 nitrogen and oxygen atoms in total. The zero-order valence-corrected chi connectivity index (χ0v) is 13.0. The molecule has 0 aliphatic heterocycles. The number of alkyl halides is 1. The molecule has 0 radical (unpaired) electrons. The van der Waals surface area contributed by atoms with Crippen LogP contribution in [-0.2, 0) is 0 Å². The Balaban J connectivity index is 2.55. The Kier molecular flexibility index (Phi) is 5.79. The molecule has 0 saturated heterocycles. The summed E-state index contributed by atoms with van der Waals surface area (Å²) in [6.07, 6.45) is 5.43. The molecule has 0 bridgehead atoms. The summed E-state index contributed by atoms with van der Waals surface area (Å²) < 4.78 is 0. The minimum absolute atomic E-state index is 0.622. The maximum Gasteiger partial charge on any atom is 0.0100 e. The molecule has 16 heavy (non-hydrogen) atoms. The number of halogens is 1. The number of rotatable bonds is 8. The molecule has 1 aliphatic carbocycles. The highest BCUT2D eigenvalue weighted by Crippen LogP contribution is 2.48. The predicted octanol–water partition coefficient (Wildman–Crippen LogP) is 4.31. The largest absolute Gasteiger partial charge is 0.300 e. The molecule has 0 atom stereocenters. The second-order valence-electron chi connectivity index (χ2n) is 5.93. The molecule has 0 spiro atoms. The summed E-state index contributed by atoms with van der Waals surface area (Å²) in [5.74, 6) is 0.784. The van der Waals surface area contributed by atoms with Crippen LogP contribution in [0, 0.1) is 11.3 Å². The van der Waals surface area contributed by atoms with E-state index in [1.807, 2.05) is 0 Å². The van der Waals surface area contributed by atoms with E-state index in [9.17, 15) is 0 Å². The Morgan fingerprint density at radius 2 is 1.75 bits per heavy atom. The van der Waals surface area contributed by atoms with Crippen molar-refractivity contribution in [1.29, 1.82) is 0 Å². The minimum atomic E-state index is 0.622. The smallest absolute Gasteiger partial charge is 0.0100 e. The van der Waals surface area contributed by atoms with Gasteiger partial charge in [0.15, 0.2) is 0 Å². The van der Waals surface area contributed by atoms with Crippen molar-refractivity contribution in [1.82, 2.24) is 4.90 Å². The minimum Gasteiger partial charge on any atom is -0.300 e. The van der Waals surface area contributed by atoms with E-state index in [0.717, 1.165) is 12.0 Å². The van der Waals surface area contributed by atoms with Crippen LogP contribution in [0.4, 0.5) is 0 Å². The Hall–Kier alpha value is 0.440. The van der Waals surface area contributed by atoms with Crippen LogP contribution in [-0.4, -0.2) is 29.4 Å². The monoisotopic (exact) mass is 289 g/mol. The number of nitrogens with zero attached hydrogens (tertiary/aromatic N) is 1. The molecule has 0 unspecified atom stereocenters. The van der Waals surface area contributed by atoms with E-state index in [1.54, 1.807) is 0 Å². The molecule has 2 heteroatoms. The molecule has 0 heterocycles. The molecule has 0 aromatic rings. The number of hydrogen-bond donors (Lipinski definition) is 0. The van der Waals surface area contributed by atoms with Crippen LogP contribution in [0.1, 0.15) is 53.4 Å². The van der Waals surface area contributed by atoms with Gasteiger partial charge >= 0.3 is 0 Å². The van der Waals surface area contributed by atoms with E-state index < -0.39 is 0 Å². The standard InChI is InChI=1S/C14H28BrN/c1-5-13(6-2)16(9-12(3)4)11-14(10-15)7-8-14/h12-13H,5-11H2,1-4H3. The molecule has 1 fully saturated rings. The average Bonchev–Trinajstić information content (AvgIpc) is 2.99. The fraction of sp³-hybridized carbons (Fsp3) is 1.00. The van der Waals surface area contributed by atoms with E-state index in [0.29, 0.717) is 5.41 Å². The van der Waals surface area contributed by atoms with Crippen molar-refractivity contribution in [2.75, 3.05) is 18.4 Å². The zero-order valence-electron chi connectivity index (χ0n) is 11.4. The van der Waals surface area contributed by atoms with Crippen LogP contribution in [0.2, 0.25) is 0 Å². The van der Waals surface area contributed by atoms with Crippen molar-refractivity contribution >= 4 is 15.9 Å². The fourth-order valence-electron chi connectivity index (χ4n) is 2.56. The third kappa shape index (κ3) is 4.03. The highest BCUT2D eigenvalue weighted by molar-refractivity contribution is 9.09. The maximum atomic E-state index is 3.69. The SMILES string of the molecule is CCC(CC)N(CC(C)C)CC1(CBr)CC1. The van der Waals surface area contributed by atoms with E-state index in [1.165, 1.54) is 44.1 Å². The lowest BCUT2D eigenvalue weighted by molar-refractivity contribution is 0.139. The Labute approximate surface area is 110 Å². The zero-order chi connectivity index (χ0) is 12.2. The second-order valence-corrected chi connectivity index (χ2v) is 6.49. The molecule has 0 aromatic heterocycles. The normalized spacial score (nSPS) is 18.8. The third-order valence-corrected chi connectivity index (χ3v) is 5.03. The quantitative estimate of drug-likeness (QED) is 0.602. The topological polar surface area (TPSA) is 3.24 Å². The first-order valence-corrected chi connectivity index (χ1v) is 7.99. The molecule has 96 valence electrons. The highest BCUT2D eigenvalue weighted by Gasteiger charge is 2.43. The Morgan fingerprint density at radius 1 is 1.19 bits per heavy atom. The van der Waals surface area contributed by atoms with Crippen molar-refractivity contribution in [2.45, 2.75) is 59.4 Å². The van der Waals surface area contributed by atoms with Gasteiger partial charge in [-0.05, 0) is 37.0 Å². The van der Waals surface area contributed by atoms with Crippen molar-refractivity contribution in [3.63, 3.8) is 0 Å².